The topological polar surface area (TPSA) is 68.3 Å². The second-order valence-corrected chi connectivity index (χ2v) is 5.58. The van der Waals surface area contributed by atoms with Crippen molar-refractivity contribution >= 4 is 10.1 Å². The molecule has 0 radical (unpaired) electrons. The molecule has 0 amide bonds. The number of aromatic nitrogens is 1. The van der Waals surface area contributed by atoms with E-state index in [-0.39, 0.29) is 17.6 Å². The monoisotopic (exact) mass is 296 g/mol. The van der Waals surface area contributed by atoms with Crippen LogP contribution in [0.5, 0.6) is 5.88 Å². The van der Waals surface area contributed by atoms with Gasteiger partial charge in [-0.15, -0.1) is 0 Å². The molecule has 0 atom stereocenters. The van der Waals surface area contributed by atoms with E-state index in [2.05, 4.69) is 10.3 Å². The summed E-state index contributed by atoms with van der Waals surface area (Å²) < 4.78 is 40.8. The number of halogens is 1. The van der Waals surface area contributed by atoms with Gasteiger partial charge in [0.1, 0.15) is 11.7 Å². The molecule has 1 aromatic carbocycles. The highest BCUT2D eigenvalue weighted by Gasteiger charge is 2.12. The Morgan fingerprint density at radius 3 is 2.55 bits per heavy atom. The van der Waals surface area contributed by atoms with Crippen molar-refractivity contribution in [3.05, 3.63) is 60.0 Å². The lowest BCUT2D eigenvalue weighted by Crippen LogP contribution is -2.26. The minimum Gasteiger partial charge on any atom is -0.361 e. The van der Waals surface area contributed by atoms with E-state index in [4.69, 9.17) is 4.18 Å². The van der Waals surface area contributed by atoms with Crippen molar-refractivity contribution in [2.75, 3.05) is 5.88 Å². The van der Waals surface area contributed by atoms with Gasteiger partial charge < -0.3 is 4.18 Å². The van der Waals surface area contributed by atoms with Gasteiger partial charge in [0.2, 0.25) is 5.88 Å². The summed E-state index contributed by atoms with van der Waals surface area (Å²) in [4.78, 5) is 3.77. The van der Waals surface area contributed by atoms with Crippen LogP contribution in [-0.2, 0) is 16.7 Å². The number of pyridine rings is 1. The molecular weight excluding hydrogens is 283 g/mol. The zero-order valence-electron chi connectivity index (χ0n) is 10.5. The second-order valence-electron chi connectivity index (χ2n) is 4.01. The molecule has 0 spiro atoms. The third-order valence-electron chi connectivity index (χ3n) is 2.37. The fraction of sp³-hybridized carbons (Fsp3) is 0.154. The number of nitrogens with zero attached hydrogens (tertiary/aromatic N) is 1. The van der Waals surface area contributed by atoms with Crippen LogP contribution in [0.1, 0.15) is 5.56 Å². The van der Waals surface area contributed by atoms with Crippen LogP contribution < -0.4 is 9.50 Å². The van der Waals surface area contributed by atoms with Crippen LogP contribution in [0.3, 0.4) is 0 Å². The highest BCUT2D eigenvalue weighted by atomic mass is 32.2. The number of hydrogen-bond acceptors (Lipinski definition) is 5. The minimum absolute atomic E-state index is 0.0242. The lowest BCUT2D eigenvalue weighted by atomic mass is 10.2. The Bertz CT molecular complexity index is 645. The van der Waals surface area contributed by atoms with Crippen molar-refractivity contribution in [2.45, 2.75) is 6.54 Å². The largest absolute Gasteiger partial charge is 0.361 e. The lowest BCUT2D eigenvalue weighted by molar-refractivity contribution is 0.470. The van der Waals surface area contributed by atoms with Crippen molar-refractivity contribution in [3.8, 4) is 5.88 Å². The number of hydrogen-bond donors (Lipinski definition) is 1. The lowest BCUT2D eigenvalue weighted by Gasteiger charge is -2.07. The molecule has 1 aromatic heterocycles. The zero-order valence-corrected chi connectivity index (χ0v) is 11.3. The number of benzene rings is 1. The third-order valence-corrected chi connectivity index (χ3v) is 3.35. The summed E-state index contributed by atoms with van der Waals surface area (Å²) in [7, 11) is -3.76. The van der Waals surface area contributed by atoms with Crippen LogP contribution in [0.15, 0.2) is 48.7 Å². The maximum atomic E-state index is 12.7. The molecular formula is C13H13FN2O3S. The van der Waals surface area contributed by atoms with Crippen LogP contribution in [-0.4, -0.2) is 19.3 Å². The summed E-state index contributed by atoms with van der Waals surface area (Å²) in [5, 5.41) is 2.72. The van der Waals surface area contributed by atoms with E-state index >= 15 is 0 Å². The first-order chi connectivity index (χ1) is 9.55. The van der Waals surface area contributed by atoms with Crippen molar-refractivity contribution in [1.29, 1.82) is 0 Å². The van der Waals surface area contributed by atoms with Gasteiger partial charge in [0.15, 0.2) is 0 Å². The molecule has 0 unspecified atom stereocenters. The number of rotatable bonds is 6. The predicted octanol–water partition coefficient (Wildman–Crippen LogP) is 1.68. The van der Waals surface area contributed by atoms with Gasteiger partial charge >= 0.3 is 10.1 Å². The van der Waals surface area contributed by atoms with Crippen LogP contribution in [0.2, 0.25) is 0 Å². The summed E-state index contributed by atoms with van der Waals surface area (Å²) in [6.07, 6.45) is 1.44. The molecule has 0 aliphatic heterocycles. The Labute approximate surface area is 116 Å². The molecule has 2 rings (SSSR count). The third kappa shape index (κ3) is 4.60. The van der Waals surface area contributed by atoms with E-state index < -0.39 is 10.1 Å². The second kappa shape index (κ2) is 6.44. The zero-order chi connectivity index (χ0) is 14.4. The molecule has 1 heterocycles. The van der Waals surface area contributed by atoms with Crippen LogP contribution in [0.25, 0.3) is 0 Å². The minimum atomic E-state index is -3.76. The van der Waals surface area contributed by atoms with Gasteiger partial charge in [0.25, 0.3) is 0 Å². The van der Waals surface area contributed by atoms with E-state index in [9.17, 15) is 12.8 Å². The molecule has 0 saturated carbocycles. The molecule has 1 N–H and O–H groups in total. The molecule has 0 fully saturated rings. The maximum Gasteiger partial charge on any atom is 0.323 e. The Kier molecular flexibility index (Phi) is 4.65. The SMILES string of the molecule is O=S(=O)(CNCc1ccc(F)cc1)Oc1ccccn1. The van der Waals surface area contributed by atoms with Gasteiger partial charge in [-0.3, -0.25) is 5.32 Å². The Morgan fingerprint density at radius 2 is 1.90 bits per heavy atom. The van der Waals surface area contributed by atoms with E-state index in [1.807, 2.05) is 0 Å². The van der Waals surface area contributed by atoms with E-state index in [0.29, 0.717) is 6.54 Å². The maximum absolute atomic E-state index is 12.7. The molecule has 0 saturated heterocycles. The van der Waals surface area contributed by atoms with Crippen molar-refractivity contribution < 1.29 is 17.0 Å². The van der Waals surface area contributed by atoms with Gasteiger partial charge in [0.05, 0.1) is 0 Å². The summed E-state index contributed by atoms with van der Waals surface area (Å²) in [5.74, 6) is -0.669. The van der Waals surface area contributed by atoms with Gasteiger partial charge in [-0.1, -0.05) is 18.2 Å². The smallest absolute Gasteiger partial charge is 0.323 e. The first kappa shape index (κ1) is 14.4. The average molecular weight is 296 g/mol. The van der Waals surface area contributed by atoms with E-state index in [1.54, 1.807) is 24.3 Å². The van der Waals surface area contributed by atoms with Gasteiger partial charge in [0, 0.05) is 18.8 Å². The Hall–Kier alpha value is -1.99. The molecule has 0 bridgehead atoms. The first-order valence-corrected chi connectivity index (χ1v) is 7.41. The molecule has 0 aliphatic rings. The van der Waals surface area contributed by atoms with Crippen molar-refractivity contribution in [2.24, 2.45) is 0 Å². The van der Waals surface area contributed by atoms with Gasteiger partial charge in [-0.05, 0) is 23.8 Å². The standard InChI is InChI=1S/C13H13FN2O3S/c14-12-6-4-11(5-7-12)9-15-10-20(17,18)19-13-3-1-2-8-16-13/h1-8,15H,9-10H2. The van der Waals surface area contributed by atoms with Crippen molar-refractivity contribution in [3.63, 3.8) is 0 Å². The molecule has 106 valence electrons. The quantitative estimate of drug-likeness (QED) is 0.821. The molecule has 7 heteroatoms. The highest BCUT2D eigenvalue weighted by molar-refractivity contribution is 7.87. The van der Waals surface area contributed by atoms with Gasteiger partial charge in [-0.2, -0.15) is 8.42 Å². The van der Waals surface area contributed by atoms with Gasteiger partial charge in [-0.25, -0.2) is 9.37 Å². The Morgan fingerprint density at radius 1 is 1.15 bits per heavy atom. The Balaban J connectivity index is 1.85. The summed E-state index contributed by atoms with van der Waals surface area (Å²) >= 11 is 0. The summed E-state index contributed by atoms with van der Waals surface area (Å²) in [6.45, 7) is 0.297. The van der Waals surface area contributed by atoms with Crippen LogP contribution in [0, 0.1) is 5.82 Å². The first-order valence-electron chi connectivity index (χ1n) is 5.83. The fourth-order valence-corrected chi connectivity index (χ4v) is 2.25. The normalized spacial score (nSPS) is 11.2. The highest BCUT2D eigenvalue weighted by Crippen LogP contribution is 2.07. The van der Waals surface area contributed by atoms with Crippen LogP contribution in [0.4, 0.5) is 4.39 Å². The predicted molar refractivity (Wildman–Crippen MR) is 71.9 cm³/mol. The average Bonchev–Trinajstić information content (AvgIpc) is 2.41. The molecule has 20 heavy (non-hydrogen) atoms. The summed E-state index contributed by atoms with van der Waals surface area (Å²) in [5.41, 5.74) is 0.777. The van der Waals surface area contributed by atoms with Crippen LogP contribution >= 0.6 is 0 Å². The van der Waals surface area contributed by atoms with E-state index in [0.717, 1.165) is 5.56 Å². The van der Waals surface area contributed by atoms with E-state index in [1.165, 1.54) is 24.4 Å². The molecule has 0 aliphatic carbocycles. The summed E-state index contributed by atoms with van der Waals surface area (Å²) in [6, 6.07) is 10.5. The fourth-order valence-electron chi connectivity index (χ4n) is 1.48. The number of nitrogens with one attached hydrogen (secondary N) is 1. The molecule has 2 aromatic rings. The van der Waals surface area contributed by atoms with Crippen molar-refractivity contribution in [1.82, 2.24) is 10.3 Å². The molecule has 5 nitrogen and oxygen atoms in total.